The van der Waals surface area contributed by atoms with Crippen molar-refractivity contribution in [2.24, 2.45) is 0 Å². The highest BCUT2D eigenvalue weighted by Gasteiger charge is 2.24. The van der Waals surface area contributed by atoms with Crippen molar-refractivity contribution in [3.05, 3.63) is 90.1 Å². The van der Waals surface area contributed by atoms with E-state index >= 15 is 0 Å². The van der Waals surface area contributed by atoms with Gasteiger partial charge in [0.1, 0.15) is 10.5 Å². The summed E-state index contributed by atoms with van der Waals surface area (Å²) >= 11 is 0. The van der Waals surface area contributed by atoms with Gasteiger partial charge in [-0.05, 0) is 55.3 Å². The lowest BCUT2D eigenvalue weighted by molar-refractivity contribution is 0.0982. The zero-order chi connectivity index (χ0) is 22.7. The van der Waals surface area contributed by atoms with Crippen LogP contribution in [0.25, 0.3) is 5.65 Å². The highest BCUT2D eigenvalue weighted by atomic mass is 32.2. The number of aromatic nitrogens is 2. The number of hydrogen-bond acceptors (Lipinski definition) is 5. The molecule has 0 saturated carbocycles. The Morgan fingerprint density at radius 3 is 2.62 bits per heavy atom. The molecule has 8 heteroatoms. The number of ether oxygens (including phenoxy) is 1. The summed E-state index contributed by atoms with van der Waals surface area (Å²) in [6.45, 7) is 1.92. The van der Waals surface area contributed by atoms with Crippen molar-refractivity contribution in [3.8, 4) is 5.75 Å². The van der Waals surface area contributed by atoms with Crippen molar-refractivity contribution >= 4 is 21.3 Å². The number of halogens is 1. The Balaban J connectivity index is 1.48. The van der Waals surface area contributed by atoms with Crippen LogP contribution in [0.1, 0.15) is 29.3 Å². The van der Waals surface area contributed by atoms with Crippen LogP contribution < -0.4 is 4.74 Å². The molecule has 0 aliphatic heterocycles. The lowest BCUT2D eigenvalue weighted by Crippen LogP contribution is -2.07. The topological polar surface area (TPSA) is 77.7 Å². The van der Waals surface area contributed by atoms with Gasteiger partial charge in [0.05, 0.1) is 11.5 Å². The summed E-state index contributed by atoms with van der Waals surface area (Å²) < 4.78 is 47.4. The number of imidazole rings is 1. The van der Waals surface area contributed by atoms with Gasteiger partial charge in [-0.3, -0.25) is 4.79 Å². The number of aryl methyl sites for hydroxylation is 1. The number of pyridine rings is 1. The predicted molar refractivity (Wildman–Crippen MR) is 117 cm³/mol. The minimum atomic E-state index is -4.05. The summed E-state index contributed by atoms with van der Waals surface area (Å²) in [6, 6.07) is 13.7. The molecule has 0 spiro atoms. The normalized spacial score (nSPS) is 11.6. The van der Waals surface area contributed by atoms with Crippen LogP contribution in [0, 0.1) is 5.82 Å². The number of carbonyl (C=O) groups excluding carboxylic acids is 1. The fourth-order valence-electron chi connectivity index (χ4n) is 3.41. The molecule has 0 atom stereocenters. The summed E-state index contributed by atoms with van der Waals surface area (Å²) in [4.78, 5) is 16.2. The quantitative estimate of drug-likeness (QED) is 0.367. The Morgan fingerprint density at radius 2 is 1.88 bits per heavy atom. The molecule has 0 unspecified atom stereocenters. The molecule has 0 radical (unpaired) electrons. The van der Waals surface area contributed by atoms with Crippen LogP contribution in [0.3, 0.4) is 0 Å². The van der Waals surface area contributed by atoms with E-state index in [4.69, 9.17) is 4.74 Å². The van der Waals surface area contributed by atoms with Crippen LogP contribution in [-0.2, 0) is 16.3 Å². The van der Waals surface area contributed by atoms with E-state index in [9.17, 15) is 17.6 Å². The second kappa shape index (κ2) is 8.92. The van der Waals surface area contributed by atoms with Gasteiger partial charge in [-0.25, -0.2) is 17.8 Å². The van der Waals surface area contributed by atoms with Gasteiger partial charge in [0, 0.05) is 30.6 Å². The third-order valence-corrected chi connectivity index (χ3v) is 6.89. The van der Waals surface area contributed by atoms with Crippen molar-refractivity contribution in [3.63, 3.8) is 0 Å². The molecular weight excluding hydrogens is 431 g/mol. The second-order valence-corrected chi connectivity index (χ2v) is 9.10. The third-order valence-electron chi connectivity index (χ3n) is 5.10. The van der Waals surface area contributed by atoms with Gasteiger partial charge < -0.3 is 9.14 Å². The lowest BCUT2D eigenvalue weighted by atomic mass is 10.0. The number of rotatable bonds is 8. The molecular formula is C24H21FN2O4S. The number of carbonyl (C=O) groups is 1. The van der Waals surface area contributed by atoms with Crippen molar-refractivity contribution in [1.82, 2.24) is 9.38 Å². The van der Waals surface area contributed by atoms with Crippen LogP contribution in [0.4, 0.5) is 4.39 Å². The number of nitrogens with zero attached hydrogens (tertiary/aromatic N) is 2. The fraction of sp³-hybridized carbons (Fsp3) is 0.167. The van der Waals surface area contributed by atoms with Gasteiger partial charge in [-0.2, -0.15) is 0 Å². The zero-order valence-electron chi connectivity index (χ0n) is 17.4. The first kappa shape index (κ1) is 21.7. The van der Waals surface area contributed by atoms with E-state index in [0.29, 0.717) is 12.0 Å². The Bertz CT molecular complexity index is 1380. The van der Waals surface area contributed by atoms with Gasteiger partial charge in [-0.1, -0.05) is 18.2 Å². The molecule has 0 aliphatic rings. The molecule has 4 rings (SSSR count). The molecule has 0 amide bonds. The first-order valence-corrected chi connectivity index (χ1v) is 11.6. The van der Waals surface area contributed by atoms with Crippen molar-refractivity contribution in [2.45, 2.75) is 29.6 Å². The molecule has 164 valence electrons. The minimum absolute atomic E-state index is 0.0212. The lowest BCUT2D eigenvalue weighted by Gasteiger charge is -2.10. The highest BCUT2D eigenvalue weighted by molar-refractivity contribution is 7.91. The monoisotopic (exact) mass is 452 g/mol. The van der Waals surface area contributed by atoms with Gasteiger partial charge in [0.15, 0.2) is 17.3 Å². The minimum Gasteiger partial charge on any atom is -0.491 e. The average Bonchev–Trinajstić information content (AvgIpc) is 3.27. The molecule has 0 fully saturated rings. The van der Waals surface area contributed by atoms with E-state index in [-0.39, 0.29) is 29.5 Å². The van der Waals surface area contributed by atoms with E-state index in [1.54, 1.807) is 54.2 Å². The average molecular weight is 453 g/mol. The summed E-state index contributed by atoms with van der Waals surface area (Å²) in [5.74, 6) is -1.02. The molecule has 2 heterocycles. The van der Waals surface area contributed by atoms with Crippen molar-refractivity contribution < 1.29 is 22.3 Å². The fourth-order valence-corrected chi connectivity index (χ4v) is 4.76. The SMILES string of the molecule is CCOc1cccc(S(=O)(=O)c2ccc(CCC(=O)c3ccc4nccn4c3)cc2)c1F. The zero-order valence-corrected chi connectivity index (χ0v) is 18.2. The van der Waals surface area contributed by atoms with Gasteiger partial charge in [-0.15, -0.1) is 0 Å². The maximum atomic E-state index is 14.6. The van der Waals surface area contributed by atoms with Crippen LogP contribution in [0.5, 0.6) is 5.75 Å². The summed E-state index contributed by atoms with van der Waals surface area (Å²) in [5.41, 5.74) is 2.16. The van der Waals surface area contributed by atoms with E-state index in [1.807, 2.05) is 0 Å². The maximum Gasteiger partial charge on any atom is 0.209 e. The van der Waals surface area contributed by atoms with Gasteiger partial charge in [0.25, 0.3) is 0 Å². The third kappa shape index (κ3) is 4.27. The molecule has 0 N–H and O–H groups in total. The molecule has 0 bridgehead atoms. The Labute approximate surface area is 185 Å². The molecule has 32 heavy (non-hydrogen) atoms. The molecule has 0 aliphatic carbocycles. The van der Waals surface area contributed by atoms with Crippen LogP contribution >= 0.6 is 0 Å². The van der Waals surface area contributed by atoms with Crippen molar-refractivity contribution in [1.29, 1.82) is 0 Å². The maximum absolute atomic E-state index is 14.6. The first-order chi connectivity index (χ1) is 15.4. The molecule has 0 saturated heterocycles. The Kier molecular flexibility index (Phi) is 6.05. The Hall–Kier alpha value is -3.52. The number of hydrogen-bond donors (Lipinski definition) is 0. The van der Waals surface area contributed by atoms with E-state index in [2.05, 4.69) is 4.98 Å². The summed E-state index contributed by atoms with van der Waals surface area (Å²) in [6.07, 6.45) is 5.91. The number of fused-ring (bicyclic) bond motifs is 1. The number of Topliss-reactive ketones (excluding diaryl/α,β-unsaturated/α-hetero) is 1. The van der Waals surface area contributed by atoms with E-state index in [1.165, 1.54) is 30.3 Å². The van der Waals surface area contributed by atoms with E-state index in [0.717, 1.165) is 11.2 Å². The predicted octanol–water partition coefficient (Wildman–Crippen LogP) is 4.52. The number of sulfone groups is 1. The van der Waals surface area contributed by atoms with Crippen LogP contribution in [-0.4, -0.2) is 30.2 Å². The number of benzene rings is 2. The van der Waals surface area contributed by atoms with E-state index < -0.39 is 20.5 Å². The molecule has 2 aromatic carbocycles. The second-order valence-electron chi connectivity index (χ2n) is 7.18. The molecule has 6 nitrogen and oxygen atoms in total. The van der Waals surface area contributed by atoms with Crippen LogP contribution in [0.15, 0.2) is 83.0 Å². The van der Waals surface area contributed by atoms with Gasteiger partial charge in [0.2, 0.25) is 9.84 Å². The largest absolute Gasteiger partial charge is 0.491 e. The smallest absolute Gasteiger partial charge is 0.209 e. The standard InChI is InChI=1S/C24H21FN2O4S/c1-2-31-21-4-3-5-22(24(21)25)32(29,30)19-10-6-17(7-11-19)8-12-20(28)18-9-13-23-26-14-15-27(23)16-18/h3-7,9-11,13-16H,2,8,12H2,1H3. The number of ketones is 1. The Morgan fingerprint density at radius 1 is 1.09 bits per heavy atom. The molecule has 2 aromatic heterocycles. The summed E-state index contributed by atoms with van der Waals surface area (Å²) in [7, 11) is -4.05. The highest BCUT2D eigenvalue weighted by Crippen LogP contribution is 2.29. The summed E-state index contributed by atoms with van der Waals surface area (Å²) in [5, 5.41) is 0. The molecule has 4 aromatic rings. The van der Waals surface area contributed by atoms with Crippen molar-refractivity contribution in [2.75, 3.05) is 6.61 Å². The van der Waals surface area contributed by atoms with Crippen LogP contribution in [0.2, 0.25) is 0 Å². The first-order valence-electron chi connectivity index (χ1n) is 10.1. The van der Waals surface area contributed by atoms with Gasteiger partial charge >= 0.3 is 0 Å².